The van der Waals surface area contributed by atoms with Crippen LogP contribution in [0.4, 0.5) is 0 Å². The van der Waals surface area contributed by atoms with Crippen LogP contribution in [0.1, 0.15) is 13.3 Å². The van der Waals surface area contributed by atoms with Crippen LogP contribution in [0.2, 0.25) is 19.6 Å². The largest absolute Gasteiger partial charge is 0.322 e. The third kappa shape index (κ3) is 2.32. The smallest absolute Gasteiger partial charge is 0.0772 e. The van der Waals surface area contributed by atoms with Crippen LogP contribution in [0.3, 0.4) is 0 Å². The highest BCUT2D eigenvalue weighted by Gasteiger charge is 2.24. The van der Waals surface area contributed by atoms with Crippen LogP contribution in [0, 0.1) is 0 Å². The van der Waals surface area contributed by atoms with Gasteiger partial charge in [-0.25, -0.2) is 0 Å². The molecule has 2 N–H and O–H groups in total. The van der Waals surface area contributed by atoms with Gasteiger partial charge in [-0.15, -0.1) is 0 Å². The lowest BCUT2D eigenvalue weighted by atomic mass is 9.95. The van der Waals surface area contributed by atoms with Gasteiger partial charge in [0.2, 0.25) is 0 Å². The van der Waals surface area contributed by atoms with Gasteiger partial charge in [-0.3, -0.25) is 0 Å². The van der Waals surface area contributed by atoms with E-state index in [1.165, 1.54) is 5.20 Å². The van der Waals surface area contributed by atoms with Crippen molar-refractivity contribution in [3.8, 4) is 0 Å². The molecule has 0 fully saturated rings. The zero-order valence-corrected chi connectivity index (χ0v) is 9.52. The van der Waals surface area contributed by atoms with Crippen molar-refractivity contribution < 1.29 is 0 Å². The Labute approximate surface area is 76.4 Å². The average Bonchev–Trinajstić information content (AvgIpc) is 1.83. The third-order valence-electron chi connectivity index (χ3n) is 2.21. The average molecular weight is 181 g/mol. The Balaban J connectivity index is 2.92. The fraction of sp³-hybridized carbons (Fsp3) is 0.600. The van der Waals surface area contributed by atoms with Crippen LogP contribution in [0.25, 0.3) is 0 Å². The first-order valence-electron chi connectivity index (χ1n) is 4.50. The van der Waals surface area contributed by atoms with Crippen molar-refractivity contribution in [2.45, 2.75) is 38.5 Å². The van der Waals surface area contributed by atoms with Gasteiger partial charge in [0.05, 0.1) is 8.07 Å². The normalized spacial score (nSPS) is 30.2. The van der Waals surface area contributed by atoms with Gasteiger partial charge in [0.15, 0.2) is 0 Å². The summed E-state index contributed by atoms with van der Waals surface area (Å²) in [5, 5.41) is 1.48. The maximum Gasteiger partial charge on any atom is 0.0772 e. The van der Waals surface area contributed by atoms with Gasteiger partial charge < -0.3 is 5.73 Å². The summed E-state index contributed by atoms with van der Waals surface area (Å²) in [5.74, 6) is 0. The third-order valence-corrected chi connectivity index (χ3v) is 4.25. The van der Waals surface area contributed by atoms with Gasteiger partial charge >= 0.3 is 0 Å². The molecule has 0 bridgehead atoms. The second kappa shape index (κ2) is 2.86. The number of nitrogens with two attached hydrogens (primary N) is 1. The van der Waals surface area contributed by atoms with Crippen molar-refractivity contribution in [1.82, 2.24) is 0 Å². The van der Waals surface area contributed by atoms with E-state index >= 15 is 0 Å². The van der Waals surface area contributed by atoms with Gasteiger partial charge in [-0.05, 0) is 13.3 Å². The molecule has 12 heavy (non-hydrogen) atoms. The molecule has 0 aromatic rings. The Morgan fingerprint density at radius 1 is 1.42 bits per heavy atom. The van der Waals surface area contributed by atoms with E-state index in [1.54, 1.807) is 0 Å². The van der Waals surface area contributed by atoms with Gasteiger partial charge in [0.1, 0.15) is 0 Å². The zero-order chi connectivity index (χ0) is 9.41. The molecule has 0 aromatic carbocycles. The Kier molecular flexibility index (Phi) is 2.32. The van der Waals surface area contributed by atoms with Gasteiger partial charge in [0, 0.05) is 5.54 Å². The zero-order valence-electron chi connectivity index (χ0n) is 8.52. The van der Waals surface area contributed by atoms with E-state index in [-0.39, 0.29) is 5.54 Å². The predicted octanol–water partition coefficient (Wildman–Crippen LogP) is 2.47. The van der Waals surface area contributed by atoms with E-state index in [0.717, 1.165) is 6.42 Å². The maximum atomic E-state index is 6.06. The summed E-state index contributed by atoms with van der Waals surface area (Å²) in [7, 11) is -1.15. The predicted molar refractivity (Wildman–Crippen MR) is 57.8 cm³/mol. The van der Waals surface area contributed by atoms with Crippen LogP contribution in [0.5, 0.6) is 0 Å². The van der Waals surface area contributed by atoms with Gasteiger partial charge in [0.25, 0.3) is 0 Å². The number of allylic oxidation sites excluding steroid dienone is 2. The van der Waals surface area contributed by atoms with Gasteiger partial charge in [-0.1, -0.05) is 43.1 Å². The molecule has 1 unspecified atom stereocenters. The first-order chi connectivity index (χ1) is 5.31. The van der Waals surface area contributed by atoms with E-state index in [9.17, 15) is 0 Å². The molecule has 0 saturated carbocycles. The lowest BCUT2D eigenvalue weighted by molar-refractivity contribution is 0.587. The molecule has 1 rings (SSSR count). The summed E-state index contributed by atoms with van der Waals surface area (Å²) in [6, 6.07) is 0. The molecular formula is C10H19NSi. The first kappa shape index (κ1) is 9.74. The molecule has 0 aliphatic heterocycles. The quantitative estimate of drug-likeness (QED) is 0.618. The van der Waals surface area contributed by atoms with E-state index < -0.39 is 8.07 Å². The molecule has 0 spiro atoms. The highest BCUT2D eigenvalue weighted by atomic mass is 28.3. The minimum Gasteiger partial charge on any atom is -0.322 e. The minimum atomic E-state index is -1.15. The van der Waals surface area contributed by atoms with Crippen LogP contribution < -0.4 is 5.73 Å². The number of hydrogen-bond donors (Lipinski definition) is 1. The molecule has 1 nitrogen and oxygen atoms in total. The first-order valence-corrected chi connectivity index (χ1v) is 8.00. The molecule has 1 aliphatic carbocycles. The lowest BCUT2D eigenvalue weighted by Gasteiger charge is -2.28. The van der Waals surface area contributed by atoms with Crippen LogP contribution in [0.15, 0.2) is 23.4 Å². The number of hydrogen-bond acceptors (Lipinski definition) is 1. The van der Waals surface area contributed by atoms with Crippen molar-refractivity contribution in [2.24, 2.45) is 5.73 Å². The summed E-state index contributed by atoms with van der Waals surface area (Å²) in [6.45, 7) is 9.15. The van der Waals surface area contributed by atoms with Crippen molar-refractivity contribution >= 4 is 8.07 Å². The number of rotatable bonds is 1. The van der Waals surface area contributed by atoms with E-state index in [0.29, 0.717) is 0 Å². The van der Waals surface area contributed by atoms with E-state index in [4.69, 9.17) is 5.73 Å². The SMILES string of the molecule is CC1(N)C=C([Si](C)(C)C)C=CC1. The lowest BCUT2D eigenvalue weighted by Crippen LogP contribution is -2.37. The monoisotopic (exact) mass is 181 g/mol. The second-order valence-corrected chi connectivity index (χ2v) is 10.0. The van der Waals surface area contributed by atoms with Crippen LogP contribution in [-0.2, 0) is 0 Å². The van der Waals surface area contributed by atoms with Crippen molar-refractivity contribution in [2.75, 3.05) is 0 Å². The van der Waals surface area contributed by atoms with Crippen LogP contribution in [-0.4, -0.2) is 13.6 Å². The van der Waals surface area contributed by atoms with Crippen molar-refractivity contribution in [1.29, 1.82) is 0 Å². The van der Waals surface area contributed by atoms with Gasteiger partial charge in [-0.2, -0.15) is 0 Å². The summed E-state index contributed by atoms with van der Waals surface area (Å²) in [6.07, 6.45) is 7.68. The molecule has 0 saturated heterocycles. The molecular weight excluding hydrogens is 162 g/mol. The summed E-state index contributed by atoms with van der Waals surface area (Å²) in [5.41, 5.74) is 5.95. The van der Waals surface area contributed by atoms with Crippen molar-refractivity contribution in [3.63, 3.8) is 0 Å². The summed E-state index contributed by atoms with van der Waals surface area (Å²) >= 11 is 0. The fourth-order valence-corrected chi connectivity index (χ4v) is 2.75. The molecule has 0 amide bonds. The highest BCUT2D eigenvalue weighted by Crippen LogP contribution is 2.24. The fourth-order valence-electron chi connectivity index (χ4n) is 1.37. The topological polar surface area (TPSA) is 26.0 Å². The molecule has 68 valence electrons. The highest BCUT2D eigenvalue weighted by molar-refractivity contribution is 6.83. The molecule has 2 heteroatoms. The Hall–Kier alpha value is -0.343. The molecule has 1 atom stereocenters. The molecule has 0 aromatic heterocycles. The maximum absolute atomic E-state index is 6.06. The Bertz CT molecular complexity index is 227. The van der Waals surface area contributed by atoms with E-state index in [1.807, 2.05) is 0 Å². The summed E-state index contributed by atoms with van der Waals surface area (Å²) < 4.78 is 0. The molecule has 0 radical (unpaired) electrons. The summed E-state index contributed by atoms with van der Waals surface area (Å²) in [4.78, 5) is 0. The Morgan fingerprint density at radius 3 is 2.33 bits per heavy atom. The second-order valence-electron chi connectivity index (χ2n) is 4.96. The van der Waals surface area contributed by atoms with E-state index in [2.05, 4.69) is 44.8 Å². The molecule has 1 aliphatic rings. The molecule has 0 heterocycles. The van der Waals surface area contributed by atoms with Crippen LogP contribution >= 0.6 is 0 Å². The standard InChI is InChI=1S/C10H19NSi/c1-10(11)7-5-6-9(8-10)12(2,3)4/h5-6,8H,7,11H2,1-4H3. The minimum absolute atomic E-state index is 0.107. The van der Waals surface area contributed by atoms with Crippen molar-refractivity contribution in [3.05, 3.63) is 23.4 Å². The Morgan fingerprint density at radius 2 is 2.00 bits per heavy atom.